The summed E-state index contributed by atoms with van der Waals surface area (Å²) < 4.78 is 5.41. The summed E-state index contributed by atoms with van der Waals surface area (Å²) in [5, 5.41) is 11.0. The largest absolute Gasteiger partial charge is 0.494 e. The number of hydrogen-bond acceptors (Lipinski definition) is 3. The molecule has 0 heterocycles. The van der Waals surface area contributed by atoms with E-state index < -0.39 is 11.9 Å². The molecule has 0 bridgehead atoms. The Labute approximate surface area is 111 Å². The first-order chi connectivity index (χ1) is 9.11. The smallest absolute Gasteiger partial charge is 0.303 e. The number of amides is 1. The number of carbonyl (C=O) groups is 2. The Balaban J connectivity index is 2.41. The van der Waals surface area contributed by atoms with Crippen LogP contribution in [0.15, 0.2) is 24.3 Å². The van der Waals surface area contributed by atoms with Crippen molar-refractivity contribution in [2.24, 2.45) is 0 Å². The van der Waals surface area contributed by atoms with E-state index in [9.17, 15) is 9.59 Å². The number of aliphatic carboxylic acids is 1. The summed E-state index contributed by atoms with van der Waals surface area (Å²) in [6.07, 6.45) is 5.47. The van der Waals surface area contributed by atoms with E-state index in [2.05, 4.69) is 5.32 Å². The second kappa shape index (κ2) is 7.77. The number of nitrogens with one attached hydrogen (secondary N) is 1. The molecular weight excluding hydrogens is 246 g/mol. The Kier molecular flexibility index (Phi) is 5.96. The van der Waals surface area contributed by atoms with E-state index in [0.29, 0.717) is 25.3 Å². The van der Waals surface area contributed by atoms with Gasteiger partial charge < -0.3 is 15.2 Å². The van der Waals surface area contributed by atoms with Gasteiger partial charge >= 0.3 is 5.97 Å². The molecule has 0 saturated heterocycles. The van der Waals surface area contributed by atoms with Crippen LogP contribution in [-0.4, -0.2) is 23.6 Å². The zero-order valence-electron chi connectivity index (χ0n) is 10.4. The number of hydrogen-bond donors (Lipinski definition) is 2. The standard InChI is InChI=1S/C14H15NO4/c1-2-13(16)15-10-11-5-3-6-12(9-11)19-8-4-7-14(17)18/h1,3,5-6,9H,4,7-8,10H2,(H,15,16)(H,17,18). The van der Waals surface area contributed by atoms with Gasteiger partial charge in [0, 0.05) is 13.0 Å². The molecule has 0 saturated carbocycles. The van der Waals surface area contributed by atoms with Crippen LogP contribution in [0.4, 0.5) is 0 Å². The molecular formula is C14H15NO4. The normalized spacial score (nSPS) is 9.42. The number of benzene rings is 1. The highest BCUT2D eigenvalue weighted by atomic mass is 16.5. The average molecular weight is 261 g/mol. The van der Waals surface area contributed by atoms with Gasteiger partial charge in [0.15, 0.2) is 0 Å². The Hall–Kier alpha value is -2.48. The quantitative estimate of drug-likeness (QED) is 0.571. The van der Waals surface area contributed by atoms with Crippen LogP contribution in [0.1, 0.15) is 18.4 Å². The number of carboxylic acid groups (broad SMARTS) is 1. The van der Waals surface area contributed by atoms with Crippen LogP contribution in [0.3, 0.4) is 0 Å². The number of terminal acetylenes is 1. The molecule has 100 valence electrons. The zero-order valence-corrected chi connectivity index (χ0v) is 10.4. The molecule has 0 unspecified atom stereocenters. The van der Waals surface area contributed by atoms with Crippen LogP contribution in [-0.2, 0) is 16.1 Å². The van der Waals surface area contributed by atoms with Crippen LogP contribution in [0.25, 0.3) is 0 Å². The van der Waals surface area contributed by atoms with E-state index >= 15 is 0 Å². The van der Waals surface area contributed by atoms with Crippen molar-refractivity contribution in [1.29, 1.82) is 0 Å². The third kappa shape index (κ3) is 6.13. The maximum atomic E-state index is 10.9. The predicted octanol–water partition coefficient (Wildman–Crippen LogP) is 1.18. The lowest BCUT2D eigenvalue weighted by Crippen LogP contribution is -2.20. The minimum atomic E-state index is -0.839. The molecule has 0 fully saturated rings. The van der Waals surface area contributed by atoms with E-state index in [0.717, 1.165) is 5.56 Å². The molecule has 0 aliphatic rings. The van der Waals surface area contributed by atoms with Crippen molar-refractivity contribution >= 4 is 11.9 Å². The van der Waals surface area contributed by atoms with Gasteiger partial charge in [-0.15, -0.1) is 6.42 Å². The average Bonchev–Trinajstić information content (AvgIpc) is 2.41. The molecule has 5 nitrogen and oxygen atoms in total. The van der Waals surface area contributed by atoms with Gasteiger partial charge in [-0.3, -0.25) is 9.59 Å². The summed E-state index contributed by atoms with van der Waals surface area (Å²) in [6.45, 7) is 0.668. The van der Waals surface area contributed by atoms with E-state index in [1.807, 2.05) is 12.0 Å². The maximum Gasteiger partial charge on any atom is 0.303 e. The van der Waals surface area contributed by atoms with Gasteiger partial charge in [0.05, 0.1) is 6.61 Å². The van der Waals surface area contributed by atoms with Gasteiger partial charge in [-0.2, -0.15) is 0 Å². The summed E-state index contributed by atoms with van der Waals surface area (Å²) in [7, 11) is 0. The summed E-state index contributed by atoms with van der Waals surface area (Å²) in [6, 6.07) is 7.18. The number of carbonyl (C=O) groups excluding carboxylic acids is 1. The molecule has 1 aromatic rings. The van der Waals surface area contributed by atoms with Crippen LogP contribution in [0, 0.1) is 12.3 Å². The predicted molar refractivity (Wildman–Crippen MR) is 69.5 cm³/mol. The van der Waals surface area contributed by atoms with Gasteiger partial charge in [-0.1, -0.05) is 12.1 Å². The van der Waals surface area contributed by atoms with Crippen molar-refractivity contribution in [3.05, 3.63) is 29.8 Å². The van der Waals surface area contributed by atoms with Crippen LogP contribution < -0.4 is 10.1 Å². The van der Waals surface area contributed by atoms with E-state index in [1.54, 1.807) is 18.2 Å². The molecule has 0 radical (unpaired) electrons. The first-order valence-electron chi connectivity index (χ1n) is 5.80. The van der Waals surface area contributed by atoms with Gasteiger partial charge in [0.1, 0.15) is 5.75 Å². The molecule has 0 spiro atoms. The molecule has 0 aliphatic heterocycles. The molecule has 0 atom stereocenters. The summed E-state index contributed by atoms with van der Waals surface area (Å²) in [4.78, 5) is 21.2. The van der Waals surface area contributed by atoms with Crippen molar-refractivity contribution in [2.75, 3.05) is 6.61 Å². The Morgan fingerprint density at radius 2 is 2.21 bits per heavy atom. The Bertz CT molecular complexity index is 490. The van der Waals surface area contributed by atoms with Crippen LogP contribution in [0.5, 0.6) is 5.75 Å². The summed E-state index contributed by atoms with van der Waals surface area (Å²) in [5.41, 5.74) is 0.860. The molecule has 1 aromatic carbocycles. The molecule has 5 heteroatoms. The Morgan fingerprint density at radius 3 is 2.89 bits per heavy atom. The van der Waals surface area contributed by atoms with Crippen LogP contribution in [0.2, 0.25) is 0 Å². The lowest BCUT2D eigenvalue weighted by atomic mass is 10.2. The minimum absolute atomic E-state index is 0.0813. The molecule has 1 amide bonds. The van der Waals surface area contributed by atoms with Gasteiger partial charge in [0.25, 0.3) is 5.91 Å². The second-order valence-electron chi connectivity index (χ2n) is 3.82. The second-order valence-corrected chi connectivity index (χ2v) is 3.82. The maximum absolute atomic E-state index is 10.9. The van der Waals surface area contributed by atoms with Gasteiger partial charge in [0.2, 0.25) is 0 Å². The van der Waals surface area contributed by atoms with Crippen molar-refractivity contribution < 1.29 is 19.4 Å². The fourth-order valence-corrected chi connectivity index (χ4v) is 1.39. The first-order valence-corrected chi connectivity index (χ1v) is 5.80. The van der Waals surface area contributed by atoms with Crippen molar-refractivity contribution in [3.63, 3.8) is 0 Å². The number of rotatable bonds is 7. The molecule has 19 heavy (non-hydrogen) atoms. The highest BCUT2D eigenvalue weighted by Crippen LogP contribution is 2.13. The zero-order chi connectivity index (χ0) is 14.1. The fraction of sp³-hybridized carbons (Fsp3) is 0.286. The van der Waals surface area contributed by atoms with Gasteiger partial charge in [-0.25, -0.2) is 0 Å². The van der Waals surface area contributed by atoms with Crippen molar-refractivity contribution in [1.82, 2.24) is 5.32 Å². The molecule has 0 aliphatic carbocycles. The van der Waals surface area contributed by atoms with E-state index in [4.69, 9.17) is 16.3 Å². The Morgan fingerprint density at radius 1 is 1.42 bits per heavy atom. The van der Waals surface area contributed by atoms with E-state index in [-0.39, 0.29) is 6.42 Å². The lowest BCUT2D eigenvalue weighted by Gasteiger charge is -2.07. The third-order valence-corrected chi connectivity index (χ3v) is 2.29. The third-order valence-electron chi connectivity index (χ3n) is 2.29. The summed E-state index contributed by atoms with van der Waals surface area (Å²) in [5.74, 6) is 1.30. The van der Waals surface area contributed by atoms with Crippen molar-refractivity contribution in [2.45, 2.75) is 19.4 Å². The number of ether oxygens (including phenoxy) is 1. The SMILES string of the molecule is C#CC(=O)NCc1cccc(OCCCC(=O)O)c1. The molecule has 0 aromatic heterocycles. The lowest BCUT2D eigenvalue weighted by molar-refractivity contribution is -0.137. The highest BCUT2D eigenvalue weighted by molar-refractivity contribution is 5.92. The summed E-state index contributed by atoms with van der Waals surface area (Å²) >= 11 is 0. The van der Waals surface area contributed by atoms with Gasteiger partial charge in [-0.05, 0) is 30.0 Å². The minimum Gasteiger partial charge on any atom is -0.494 e. The first kappa shape index (κ1) is 14.6. The van der Waals surface area contributed by atoms with E-state index in [1.165, 1.54) is 0 Å². The molecule has 1 rings (SSSR count). The monoisotopic (exact) mass is 261 g/mol. The number of carboxylic acids is 1. The topological polar surface area (TPSA) is 75.6 Å². The molecule has 2 N–H and O–H groups in total. The highest BCUT2D eigenvalue weighted by Gasteiger charge is 2.00. The fourth-order valence-electron chi connectivity index (χ4n) is 1.39. The van der Waals surface area contributed by atoms with Crippen molar-refractivity contribution in [3.8, 4) is 18.1 Å². The van der Waals surface area contributed by atoms with Crippen LogP contribution >= 0.6 is 0 Å².